The van der Waals surface area contributed by atoms with Crippen molar-refractivity contribution in [2.24, 2.45) is 17.8 Å². The van der Waals surface area contributed by atoms with Gasteiger partial charge in [-0.2, -0.15) is 0 Å². The zero-order valence-corrected chi connectivity index (χ0v) is 13.9. The molecule has 5 heteroatoms. The van der Waals surface area contributed by atoms with Crippen molar-refractivity contribution in [3.05, 3.63) is 18.2 Å². The molecule has 2 saturated carbocycles. The van der Waals surface area contributed by atoms with Crippen molar-refractivity contribution < 1.29 is 9.53 Å². The van der Waals surface area contributed by atoms with Crippen molar-refractivity contribution in [3.63, 3.8) is 0 Å². The van der Waals surface area contributed by atoms with Crippen molar-refractivity contribution >= 4 is 5.91 Å². The van der Waals surface area contributed by atoms with Gasteiger partial charge in [-0.05, 0) is 50.4 Å². The molecular formula is C18H27N3O2. The second kappa shape index (κ2) is 6.27. The van der Waals surface area contributed by atoms with Crippen LogP contribution in [0.25, 0.3) is 0 Å². The molecule has 1 aliphatic heterocycles. The summed E-state index contributed by atoms with van der Waals surface area (Å²) in [5, 5.41) is 3.24. The van der Waals surface area contributed by atoms with E-state index in [9.17, 15) is 4.79 Å². The van der Waals surface area contributed by atoms with Gasteiger partial charge in [0, 0.05) is 32.0 Å². The second-order valence-electron chi connectivity index (χ2n) is 7.46. The van der Waals surface area contributed by atoms with Gasteiger partial charge in [-0.1, -0.05) is 6.42 Å². The van der Waals surface area contributed by atoms with Gasteiger partial charge in [-0.25, -0.2) is 4.98 Å². The molecule has 5 nitrogen and oxygen atoms in total. The number of fused-ring (bicyclic) bond motifs is 2. The average Bonchev–Trinajstić information content (AvgIpc) is 3.30. The fraction of sp³-hybridized carbons (Fsp3) is 0.778. The van der Waals surface area contributed by atoms with Crippen LogP contribution in [0.4, 0.5) is 0 Å². The van der Waals surface area contributed by atoms with E-state index in [1.165, 1.54) is 25.7 Å². The van der Waals surface area contributed by atoms with Gasteiger partial charge in [-0.3, -0.25) is 4.79 Å². The van der Waals surface area contributed by atoms with E-state index < -0.39 is 0 Å². The fourth-order valence-corrected chi connectivity index (χ4v) is 4.97. The first-order chi connectivity index (χ1) is 11.2. The van der Waals surface area contributed by atoms with Crippen LogP contribution in [-0.4, -0.2) is 28.1 Å². The summed E-state index contributed by atoms with van der Waals surface area (Å²) in [5.41, 5.74) is 0. The lowest BCUT2D eigenvalue weighted by Gasteiger charge is -2.24. The van der Waals surface area contributed by atoms with Gasteiger partial charge >= 0.3 is 0 Å². The molecule has 2 aliphatic carbocycles. The lowest BCUT2D eigenvalue weighted by atomic mass is 9.86. The highest BCUT2D eigenvalue weighted by Gasteiger charge is 2.41. The molecule has 23 heavy (non-hydrogen) atoms. The number of rotatable bonds is 5. The maximum absolute atomic E-state index is 12.5. The Hall–Kier alpha value is -1.36. The Morgan fingerprint density at radius 2 is 2.30 bits per heavy atom. The summed E-state index contributed by atoms with van der Waals surface area (Å²) in [6.07, 6.45) is 10.6. The second-order valence-corrected chi connectivity index (χ2v) is 7.46. The molecule has 0 aromatic carbocycles. The molecule has 1 amide bonds. The van der Waals surface area contributed by atoms with E-state index in [1.807, 2.05) is 12.4 Å². The van der Waals surface area contributed by atoms with E-state index in [4.69, 9.17) is 4.74 Å². The number of carbonyl (C=O) groups excluding carboxylic acids is 1. The van der Waals surface area contributed by atoms with E-state index >= 15 is 0 Å². The minimum absolute atomic E-state index is 0.0637. The Morgan fingerprint density at radius 3 is 3.04 bits per heavy atom. The normalized spacial score (nSPS) is 35.8. The Labute approximate surface area is 137 Å². The monoisotopic (exact) mass is 317 g/mol. The number of amides is 1. The topological polar surface area (TPSA) is 56.1 Å². The van der Waals surface area contributed by atoms with Crippen LogP contribution in [0.15, 0.2) is 12.4 Å². The first kappa shape index (κ1) is 15.2. The van der Waals surface area contributed by atoms with Crippen molar-refractivity contribution in [3.8, 4) is 0 Å². The number of ether oxygens (including phenoxy) is 1. The molecule has 0 radical (unpaired) electrons. The lowest BCUT2D eigenvalue weighted by molar-refractivity contribution is -0.123. The summed E-state index contributed by atoms with van der Waals surface area (Å²) in [4.78, 5) is 17.0. The number of imidazole rings is 1. The van der Waals surface area contributed by atoms with Crippen molar-refractivity contribution in [1.29, 1.82) is 0 Å². The van der Waals surface area contributed by atoms with Crippen LogP contribution in [0.3, 0.4) is 0 Å². The van der Waals surface area contributed by atoms with Gasteiger partial charge < -0.3 is 14.6 Å². The number of carbonyl (C=O) groups is 1. The van der Waals surface area contributed by atoms with Crippen LogP contribution in [0.5, 0.6) is 0 Å². The molecule has 3 fully saturated rings. The molecule has 3 unspecified atom stereocenters. The van der Waals surface area contributed by atoms with Gasteiger partial charge in [0.2, 0.25) is 5.91 Å². The van der Waals surface area contributed by atoms with Gasteiger partial charge in [0.1, 0.15) is 11.9 Å². The van der Waals surface area contributed by atoms with Crippen LogP contribution in [0, 0.1) is 17.8 Å². The fourth-order valence-electron chi connectivity index (χ4n) is 4.97. The van der Waals surface area contributed by atoms with E-state index in [-0.39, 0.29) is 18.1 Å². The molecule has 1 saturated heterocycles. The largest absolute Gasteiger partial charge is 0.368 e. The Bertz CT molecular complexity index is 570. The summed E-state index contributed by atoms with van der Waals surface area (Å²) in [5.74, 6) is 3.47. The SMILES string of the molecule is CCn1ccnc1[C@@H]1OCC[C@H]1NC(=O)CC1CC2CCC1C2. The Balaban J connectivity index is 1.36. The lowest BCUT2D eigenvalue weighted by Crippen LogP contribution is -2.38. The number of hydrogen-bond donors (Lipinski definition) is 1. The van der Waals surface area contributed by atoms with E-state index in [1.54, 1.807) is 0 Å². The molecule has 1 aromatic rings. The first-order valence-corrected chi connectivity index (χ1v) is 9.16. The van der Waals surface area contributed by atoms with Crippen LogP contribution in [-0.2, 0) is 16.1 Å². The summed E-state index contributed by atoms with van der Waals surface area (Å²) in [6.45, 7) is 3.67. The van der Waals surface area contributed by atoms with Crippen LogP contribution in [0.1, 0.15) is 57.4 Å². The highest BCUT2D eigenvalue weighted by Crippen LogP contribution is 2.49. The highest BCUT2D eigenvalue weighted by atomic mass is 16.5. The zero-order chi connectivity index (χ0) is 15.8. The first-order valence-electron chi connectivity index (χ1n) is 9.16. The average molecular weight is 317 g/mol. The third-order valence-electron chi connectivity index (χ3n) is 6.11. The molecule has 4 rings (SSSR count). The number of aryl methyl sites for hydroxylation is 1. The standard InChI is InChI=1S/C18H27N3O2/c1-2-21-7-6-19-18(21)17-15(5-8-23-17)20-16(22)11-14-10-12-3-4-13(14)9-12/h6-7,12-15,17H,2-5,8-11H2,1H3,(H,20,22)/t12?,13?,14?,15-,17-/m1/s1. The Morgan fingerprint density at radius 1 is 1.39 bits per heavy atom. The van der Waals surface area contributed by atoms with E-state index in [2.05, 4.69) is 21.8 Å². The van der Waals surface area contributed by atoms with Gasteiger partial charge in [0.15, 0.2) is 0 Å². The number of nitrogens with one attached hydrogen (secondary N) is 1. The quantitative estimate of drug-likeness (QED) is 0.908. The predicted octanol–water partition coefficient (Wildman–Crippen LogP) is 2.68. The molecule has 3 aliphatic rings. The number of aromatic nitrogens is 2. The molecule has 1 aromatic heterocycles. The number of nitrogens with zero attached hydrogens (tertiary/aromatic N) is 2. The smallest absolute Gasteiger partial charge is 0.220 e. The molecule has 1 N–H and O–H groups in total. The van der Waals surface area contributed by atoms with E-state index in [0.717, 1.165) is 30.6 Å². The number of hydrogen-bond acceptors (Lipinski definition) is 3. The third-order valence-corrected chi connectivity index (χ3v) is 6.11. The molecule has 2 bridgehead atoms. The van der Waals surface area contributed by atoms with Crippen LogP contribution < -0.4 is 5.32 Å². The molecule has 2 heterocycles. The van der Waals surface area contributed by atoms with Gasteiger partial charge in [0.25, 0.3) is 0 Å². The van der Waals surface area contributed by atoms with Crippen LogP contribution in [0.2, 0.25) is 0 Å². The highest BCUT2D eigenvalue weighted by molar-refractivity contribution is 5.76. The molecular weight excluding hydrogens is 290 g/mol. The van der Waals surface area contributed by atoms with Gasteiger partial charge in [0.05, 0.1) is 6.04 Å². The van der Waals surface area contributed by atoms with Crippen LogP contribution >= 0.6 is 0 Å². The summed E-state index contributed by atoms with van der Waals surface area (Å²) >= 11 is 0. The Kier molecular flexibility index (Phi) is 4.14. The van der Waals surface area contributed by atoms with Gasteiger partial charge in [-0.15, -0.1) is 0 Å². The van der Waals surface area contributed by atoms with Crippen molar-refractivity contribution in [2.45, 2.75) is 64.1 Å². The summed E-state index contributed by atoms with van der Waals surface area (Å²) in [6, 6.07) is 0.0637. The van der Waals surface area contributed by atoms with E-state index in [0.29, 0.717) is 18.9 Å². The maximum Gasteiger partial charge on any atom is 0.220 e. The van der Waals surface area contributed by atoms with Crippen molar-refractivity contribution in [2.75, 3.05) is 6.61 Å². The summed E-state index contributed by atoms with van der Waals surface area (Å²) < 4.78 is 7.98. The summed E-state index contributed by atoms with van der Waals surface area (Å²) in [7, 11) is 0. The predicted molar refractivity (Wildman–Crippen MR) is 86.7 cm³/mol. The minimum Gasteiger partial charge on any atom is -0.368 e. The minimum atomic E-state index is -0.103. The maximum atomic E-state index is 12.5. The zero-order valence-electron chi connectivity index (χ0n) is 13.9. The molecule has 0 spiro atoms. The van der Waals surface area contributed by atoms with Crippen molar-refractivity contribution in [1.82, 2.24) is 14.9 Å². The third kappa shape index (κ3) is 2.91. The molecule has 126 valence electrons. The molecule has 5 atom stereocenters.